The maximum atomic E-state index is 12.4. The van der Waals surface area contributed by atoms with Crippen molar-refractivity contribution in [2.24, 2.45) is 0 Å². The molecular formula is C18H21NO6S. The van der Waals surface area contributed by atoms with Crippen molar-refractivity contribution in [3.8, 4) is 17.2 Å². The largest absolute Gasteiger partial charge is 0.497 e. The number of hydrogen-bond acceptors (Lipinski definition) is 6. The van der Waals surface area contributed by atoms with Crippen LogP contribution in [0.1, 0.15) is 10.4 Å². The first kappa shape index (κ1) is 19.6. The van der Waals surface area contributed by atoms with Gasteiger partial charge in [-0.2, -0.15) is 0 Å². The predicted octanol–water partition coefficient (Wildman–Crippen LogP) is 1.92. The summed E-state index contributed by atoms with van der Waals surface area (Å²) in [7, 11) is 0.866. The third-order valence-corrected chi connectivity index (χ3v) is 5.44. The summed E-state index contributed by atoms with van der Waals surface area (Å²) in [4.78, 5) is 12.2. The Labute approximate surface area is 152 Å². The molecular weight excluding hydrogens is 358 g/mol. The second kappa shape index (κ2) is 8.57. The summed E-state index contributed by atoms with van der Waals surface area (Å²) in [5.74, 6) is 0.826. The first-order chi connectivity index (χ1) is 12.4. The molecule has 1 amide bonds. The molecule has 0 aliphatic rings. The smallest absolute Gasteiger partial charge is 0.251 e. The average Bonchev–Trinajstić information content (AvgIpc) is 2.67. The van der Waals surface area contributed by atoms with Gasteiger partial charge in [0.2, 0.25) is 0 Å². The molecule has 0 atom stereocenters. The Bertz CT molecular complexity index is 862. The van der Waals surface area contributed by atoms with E-state index in [0.29, 0.717) is 22.8 Å². The van der Waals surface area contributed by atoms with E-state index in [2.05, 4.69) is 5.32 Å². The molecule has 0 saturated heterocycles. The molecule has 140 valence electrons. The first-order valence-electron chi connectivity index (χ1n) is 7.78. The monoisotopic (exact) mass is 379 g/mol. The van der Waals surface area contributed by atoms with Gasteiger partial charge < -0.3 is 19.5 Å². The molecule has 0 spiro atoms. The topological polar surface area (TPSA) is 90.9 Å². The minimum Gasteiger partial charge on any atom is -0.497 e. The molecule has 2 aromatic carbocycles. The number of sulfone groups is 1. The van der Waals surface area contributed by atoms with Gasteiger partial charge in [0, 0.05) is 18.2 Å². The van der Waals surface area contributed by atoms with Crippen molar-refractivity contribution in [1.82, 2.24) is 5.32 Å². The minimum atomic E-state index is -3.58. The quantitative estimate of drug-likeness (QED) is 0.753. The molecule has 0 heterocycles. The molecule has 2 rings (SSSR count). The summed E-state index contributed by atoms with van der Waals surface area (Å²) in [6.07, 6.45) is 0. The van der Waals surface area contributed by atoms with Gasteiger partial charge in [-0.1, -0.05) is 0 Å². The number of carbonyl (C=O) groups excluding carboxylic acids is 1. The number of rotatable bonds is 8. The van der Waals surface area contributed by atoms with Crippen molar-refractivity contribution in [3.05, 3.63) is 48.0 Å². The molecule has 7 nitrogen and oxygen atoms in total. The summed E-state index contributed by atoms with van der Waals surface area (Å²) in [5.41, 5.74) is 0.425. The minimum absolute atomic E-state index is 0.0124. The number of amides is 1. The van der Waals surface area contributed by atoms with Crippen LogP contribution in [0.15, 0.2) is 47.4 Å². The van der Waals surface area contributed by atoms with E-state index in [1.54, 1.807) is 24.3 Å². The second-order valence-corrected chi connectivity index (χ2v) is 7.43. The fourth-order valence-electron chi connectivity index (χ4n) is 2.27. The number of methoxy groups -OCH3 is 3. The highest BCUT2D eigenvalue weighted by Crippen LogP contribution is 2.29. The molecule has 8 heteroatoms. The molecule has 1 N–H and O–H groups in total. The molecule has 0 unspecified atom stereocenters. The van der Waals surface area contributed by atoms with Crippen LogP contribution in [0, 0.1) is 0 Å². The predicted molar refractivity (Wildman–Crippen MR) is 96.9 cm³/mol. The van der Waals surface area contributed by atoms with E-state index in [4.69, 9.17) is 14.2 Å². The molecule has 0 aliphatic carbocycles. The van der Waals surface area contributed by atoms with Gasteiger partial charge in [0.15, 0.2) is 21.3 Å². The Hall–Kier alpha value is -2.74. The number of carbonyl (C=O) groups is 1. The van der Waals surface area contributed by atoms with Crippen molar-refractivity contribution in [3.63, 3.8) is 0 Å². The lowest BCUT2D eigenvalue weighted by Gasteiger charge is -2.11. The van der Waals surface area contributed by atoms with Crippen LogP contribution >= 0.6 is 0 Å². The van der Waals surface area contributed by atoms with Crippen molar-refractivity contribution in [2.45, 2.75) is 4.90 Å². The van der Waals surface area contributed by atoms with Crippen molar-refractivity contribution >= 4 is 15.7 Å². The van der Waals surface area contributed by atoms with Crippen molar-refractivity contribution in [1.29, 1.82) is 0 Å². The lowest BCUT2D eigenvalue weighted by Crippen LogP contribution is -2.29. The normalized spacial score (nSPS) is 10.9. The molecule has 0 bridgehead atoms. The summed E-state index contributed by atoms with van der Waals surface area (Å²) < 4.78 is 40.1. The fraction of sp³-hybridized carbons (Fsp3) is 0.278. The summed E-state index contributed by atoms with van der Waals surface area (Å²) in [5, 5.41) is 2.60. The SMILES string of the molecule is COc1ccc(C(=O)NCCS(=O)(=O)c2ccc(OC)c(OC)c2)cc1. The maximum absolute atomic E-state index is 12.4. The number of nitrogens with one attached hydrogen (secondary N) is 1. The van der Waals surface area contributed by atoms with E-state index >= 15 is 0 Å². The highest BCUT2D eigenvalue weighted by molar-refractivity contribution is 7.91. The molecule has 26 heavy (non-hydrogen) atoms. The van der Waals surface area contributed by atoms with Gasteiger partial charge in [0.1, 0.15) is 5.75 Å². The molecule has 0 saturated carbocycles. The molecule has 2 aromatic rings. The zero-order valence-electron chi connectivity index (χ0n) is 14.8. The van der Waals surface area contributed by atoms with E-state index in [1.165, 1.54) is 39.5 Å². The number of hydrogen-bond donors (Lipinski definition) is 1. The van der Waals surface area contributed by atoms with Gasteiger partial charge in [-0.15, -0.1) is 0 Å². The highest BCUT2D eigenvalue weighted by atomic mass is 32.2. The Kier molecular flexibility index (Phi) is 6.46. The van der Waals surface area contributed by atoms with E-state index < -0.39 is 9.84 Å². The molecule has 0 radical (unpaired) electrons. The van der Waals surface area contributed by atoms with Crippen molar-refractivity contribution < 1.29 is 27.4 Å². The molecule has 0 aromatic heterocycles. The lowest BCUT2D eigenvalue weighted by atomic mass is 10.2. The third kappa shape index (κ3) is 4.66. The Morgan fingerprint density at radius 1 is 0.923 bits per heavy atom. The van der Waals surface area contributed by atoms with Gasteiger partial charge in [-0.05, 0) is 36.4 Å². The van der Waals surface area contributed by atoms with E-state index in [9.17, 15) is 13.2 Å². The number of benzene rings is 2. The molecule has 0 aliphatic heterocycles. The number of ether oxygens (including phenoxy) is 3. The van der Waals surface area contributed by atoms with Gasteiger partial charge in [-0.25, -0.2) is 8.42 Å². The van der Waals surface area contributed by atoms with Crippen molar-refractivity contribution in [2.75, 3.05) is 33.6 Å². The lowest BCUT2D eigenvalue weighted by molar-refractivity contribution is 0.0956. The van der Waals surface area contributed by atoms with Crippen LogP contribution < -0.4 is 19.5 Å². The Morgan fingerprint density at radius 3 is 2.15 bits per heavy atom. The summed E-state index contributed by atoms with van der Waals surface area (Å²) >= 11 is 0. The van der Waals surface area contributed by atoms with E-state index in [0.717, 1.165) is 0 Å². The van der Waals surface area contributed by atoms with Crippen LogP contribution in [0.4, 0.5) is 0 Å². The van der Waals surface area contributed by atoms with Crippen LogP contribution in [0.5, 0.6) is 17.2 Å². The highest BCUT2D eigenvalue weighted by Gasteiger charge is 2.17. The van der Waals surface area contributed by atoms with Gasteiger partial charge in [0.25, 0.3) is 5.91 Å². The van der Waals surface area contributed by atoms with Gasteiger partial charge in [0.05, 0.1) is 32.0 Å². The van der Waals surface area contributed by atoms with Crippen LogP contribution in [-0.2, 0) is 9.84 Å². The van der Waals surface area contributed by atoms with E-state index in [-0.39, 0.29) is 23.1 Å². The van der Waals surface area contributed by atoms with Crippen LogP contribution in [-0.4, -0.2) is 48.0 Å². The molecule has 0 fully saturated rings. The van der Waals surface area contributed by atoms with Crippen LogP contribution in [0.25, 0.3) is 0 Å². The Balaban J connectivity index is 2.00. The second-order valence-electron chi connectivity index (χ2n) is 5.32. The zero-order valence-corrected chi connectivity index (χ0v) is 15.6. The zero-order chi connectivity index (χ0) is 19.2. The summed E-state index contributed by atoms with van der Waals surface area (Å²) in [6.45, 7) is -0.0124. The van der Waals surface area contributed by atoms with Gasteiger partial charge >= 0.3 is 0 Å². The van der Waals surface area contributed by atoms with Crippen LogP contribution in [0.2, 0.25) is 0 Å². The first-order valence-corrected chi connectivity index (χ1v) is 9.43. The average molecular weight is 379 g/mol. The van der Waals surface area contributed by atoms with E-state index in [1.807, 2.05) is 0 Å². The Morgan fingerprint density at radius 2 is 1.58 bits per heavy atom. The van der Waals surface area contributed by atoms with Crippen LogP contribution in [0.3, 0.4) is 0 Å². The van der Waals surface area contributed by atoms with Gasteiger partial charge in [-0.3, -0.25) is 4.79 Å². The third-order valence-electron chi connectivity index (χ3n) is 3.72. The standard InChI is InChI=1S/C18H21NO6S/c1-23-14-6-4-13(5-7-14)18(20)19-10-11-26(21,22)15-8-9-16(24-2)17(12-15)25-3/h4-9,12H,10-11H2,1-3H3,(H,19,20). The maximum Gasteiger partial charge on any atom is 0.251 e. The summed E-state index contributed by atoms with van der Waals surface area (Å²) in [6, 6.07) is 10.9. The fourth-order valence-corrected chi connectivity index (χ4v) is 3.44.